The molecule has 190 valence electrons. The first-order valence-corrected chi connectivity index (χ1v) is 13.6. The Morgan fingerprint density at radius 2 is 1.79 bits per heavy atom. The standard InChI is InChI=1S/C30H46O4/c1-18(9-8-10-19(2)26(33)34)20-11-16-30(7)25-21(12-15-29(20,30)6)28(5)14-13-24(32)27(3,4)23(28)17-22(25)31/h10,18,20,22-23,31H,8-9,11-17H2,1-7H3,(H,33,34). The Labute approximate surface area is 206 Å². The third-order valence-electron chi connectivity index (χ3n) is 11.7. The van der Waals surface area contributed by atoms with Crippen LogP contribution in [0.1, 0.15) is 106 Å². The third-order valence-corrected chi connectivity index (χ3v) is 11.7. The van der Waals surface area contributed by atoms with E-state index < -0.39 is 12.1 Å². The molecule has 7 unspecified atom stereocenters. The Kier molecular flexibility index (Phi) is 6.28. The number of carboxylic acid groups (broad SMARTS) is 1. The highest BCUT2D eigenvalue weighted by molar-refractivity contribution is 5.86. The molecule has 0 spiro atoms. The molecule has 34 heavy (non-hydrogen) atoms. The minimum atomic E-state index is -0.828. The molecular formula is C30H46O4. The van der Waals surface area contributed by atoms with E-state index >= 15 is 0 Å². The van der Waals surface area contributed by atoms with E-state index in [2.05, 4.69) is 41.5 Å². The van der Waals surface area contributed by atoms with Crippen molar-refractivity contribution in [3.05, 3.63) is 22.8 Å². The van der Waals surface area contributed by atoms with Crippen molar-refractivity contribution < 1.29 is 19.8 Å². The molecule has 0 aromatic carbocycles. The van der Waals surface area contributed by atoms with Crippen LogP contribution in [-0.4, -0.2) is 28.1 Å². The zero-order chi connectivity index (χ0) is 25.3. The molecule has 0 aliphatic heterocycles. The van der Waals surface area contributed by atoms with Gasteiger partial charge in [-0.2, -0.15) is 0 Å². The monoisotopic (exact) mass is 470 g/mol. The average molecular weight is 471 g/mol. The van der Waals surface area contributed by atoms with Gasteiger partial charge >= 0.3 is 5.97 Å². The Balaban J connectivity index is 1.65. The summed E-state index contributed by atoms with van der Waals surface area (Å²) in [5, 5.41) is 20.8. The van der Waals surface area contributed by atoms with Gasteiger partial charge < -0.3 is 10.2 Å². The zero-order valence-electron chi connectivity index (χ0n) is 22.5. The fourth-order valence-electron chi connectivity index (χ4n) is 9.26. The van der Waals surface area contributed by atoms with Crippen molar-refractivity contribution in [2.75, 3.05) is 0 Å². The summed E-state index contributed by atoms with van der Waals surface area (Å²) in [6.45, 7) is 15.5. The van der Waals surface area contributed by atoms with Gasteiger partial charge in [0.2, 0.25) is 0 Å². The molecule has 0 radical (unpaired) electrons. The molecule has 4 rings (SSSR count). The highest BCUT2D eigenvalue weighted by atomic mass is 16.4. The van der Waals surface area contributed by atoms with Crippen molar-refractivity contribution in [3.63, 3.8) is 0 Å². The molecule has 4 heteroatoms. The molecule has 2 saturated carbocycles. The third kappa shape index (κ3) is 3.49. The molecule has 0 amide bonds. The minimum absolute atomic E-state index is 0.00861. The van der Waals surface area contributed by atoms with E-state index in [-0.39, 0.29) is 27.6 Å². The van der Waals surface area contributed by atoms with Crippen LogP contribution in [-0.2, 0) is 9.59 Å². The molecule has 4 aliphatic rings. The molecule has 7 atom stereocenters. The number of carbonyl (C=O) groups is 2. The maximum absolute atomic E-state index is 12.8. The molecule has 0 heterocycles. The topological polar surface area (TPSA) is 74.6 Å². The number of ketones is 1. The Morgan fingerprint density at radius 3 is 2.44 bits per heavy atom. The van der Waals surface area contributed by atoms with Gasteiger partial charge in [0.1, 0.15) is 5.78 Å². The van der Waals surface area contributed by atoms with Crippen LogP contribution < -0.4 is 0 Å². The van der Waals surface area contributed by atoms with Gasteiger partial charge in [-0.1, -0.05) is 53.2 Å². The van der Waals surface area contributed by atoms with E-state index in [0.717, 1.165) is 38.5 Å². The van der Waals surface area contributed by atoms with Gasteiger partial charge in [-0.3, -0.25) is 4.79 Å². The van der Waals surface area contributed by atoms with E-state index in [0.29, 0.717) is 36.0 Å². The number of fused-ring (bicyclic) bond motifs is 4. The molecule has 0 aromatic rings. The van der Waals surface area contributed by atoms with Crippen molar-refractivity contribution in [2.45, 2.75) is 112 Å². The highest BCUT2D eigenvalue weighted by Crippen LogP contribution is 2.72. The van der Waals surface area contributed by atoms with Gasteiger partial charge in [0.25, 0.3) is 0 Å². The summed E-state index contributed by atoms with van der Waals surface area (Å²) in [5.74, 6) is 0.836. The average Bonchev–Trinajstić information content (AvgIpc) is 3.04. The first-order chi connectivity index (χ1) is 15.7. The predicted molar refractivity (Wildman–Crippen MR) is 135 cm³/mol. The molecule has 4 aliphatic carbocycles. The lowest BCUT2D eigenvalue weighted by atomic mass is 9.43. The van der Waals surface area contributed by atoms with Gasteiger partial charge in [0, 0.05) is 17.4 Å². The van der Waals surface area contributed by atoms with Crippen molar-refractivity contribution in [1.82, 2.24) is 0 Å². The number of hydrogen-bond donors (Lipinski definition) is 2. The quantitative estimate of drug-likeness (QED) is 0.345. The SMILES string of the molecule is CC(=CCCC(C)C1CCC2(C)C3=C(CCC12C)C1(C)CCC(=O)C(C)(C)C1CC3O)C(=O)O. The van der Waals surface area contributed by atoms with Crippen LogP contribution >= 0.6 is 0 Å². The summed E-state index contributed by atoms with van der Waals surface area (Å²) in [5.41, 5.74) is 3.03. The van der Waals surface area contributed by atoms with Crippen LogP contribution in [0, 0.1) is 39.4 Å². The normalized spacial score (nSPS) is 42.6. The summed E-state index contributed by atoms with van der Waals surface area (Å²) in [6.07, 6.45) is 9.99. The highest BCUT2D eigenvalue weighted by Gasteiger charge is 2.65. The maximum Gasteiger partial charge on any atom is 0.330 e. The number of Topliss-reactive ketones (excluding diaryl/α,β-unsaturated/α-hetero) is 1. The first kappa shape index (κ1) is 25.7. The first-order valence-electron chi connectivity index (χ1n) is 13.6. The van der Waals surface area contributed by atoms with E-state index in [1.807, 2.05) is 6.08 Å². The van der Waals surface area contributed by atoms with Crippen molar-refractivity contribution in [2.24, 2.45) is 39.4 Å². The Bertz CT molecular complexity index is 941. The zero-order valence-corrected chi connectivity index (χ0v) is 22.5. The van der Waals surface area contributed by atoms with E-state index in [9.17, 15) is 14.7 Å². The molecule has 2 N–H and O–H groups in total. The minimum Gasteiger partial charge on any atom is -0.478 e. The van der Waals surface area contributed by atoms with Gasteiger partial charge in [0.15, 0.2) is 0 Å². The van der Waals surface area contributed by atoms with Crippen LogP contribution in [0.5, 0.6) is 0 Å². The van der Waals surface area contributed by atoms with E-state index in [1.54, 1.807) is 6.92 Å². The number of allylic oxidation sites excluding steroid dienone is 2. The number of carboxylic acids is 1. The van der Waals surface area contributed by atoms with Crippen LogP contribution in [0.4, 0.5) is 0 Å². The fraction of sp³-hybridized carbons (Fsp3) is 0.800. The number of aliphatic carboxylic acids is 1. The van der Waals surface area contributed by atoms with E-state index in [1.165, 1.54) is 17.6 Å². The second-order valence-electron chi connectivity index (χ2n) is 13.4. The molecule has 2 fully saturated rings. The van der Waals surface area contributed by atoms with E-state index in [4.69, 9.17) is 5.11 Å². The molecule has 0 aromatic heterocycles. The van der Waals surface area contributed by atoms with Crippen LogP contribution in [0.15, 0.2) is 22.8 Å². The van der Waals surface area contributed by atoms with Crippen LogP contribution in [0.3, 0.4) is 0 Å². The molecule has 4 nitrogen and oxygen atoms in total. The van der Waals surface area contributed by atoms with Gasteiger partial charge in [-0.25, -0.2) is 4.79 Å². The van der Waals surface area contributed by atoms with Crippen LogP contribution in [0.2, 0.25) is 0 Å². The van der Waals surface area contributed by atoms with Gasteiger partial charge in [-0.15, -0.1) is 0 Å². The predicted octanol–water partition coefficient (Wildman–Crippen LogP) is 6.72. The number of aliphatic hydroxyl groups is 1. The number of aliphatic hydroxyl groups excluding tert-OH is 1. The molecule has 0 bridgehead atoms. The largest absolute Gasteiger partial charge is 0.478 e. The summed E-state index contributed by atoms with van der Waals surface area (Å²) in [4.78, 5) is 24.0. The van der Waals surface area contributed by atoms with Crippen LogP contribution in [0.25, 0.3) is 0 Å². The Hall–Kier alpha value is -1.42. The van der Waals surface area contributed by atoms with Crippen molar-refractivity contribution in [1.29, 1.82) is 0 Å². The summed E-state index contributed by atoms with van der Waals surface area (Å²) in [7, 11) is 0. The summed E-state index contributed by atoms with van der Waals surface area (Å²) >= 11 is 0. The number of carbonyl (C=O) groups excluding carboxylic acids is 1. The Morgan fingerprint density at radius 1 is 1.12 bits per heavy atom. The lowest BCUT2D eigenvalue weighted by molar-refractivity contribution is -0.142. The van der Waals surface area contributed by atoms with Gasteiger partial charge in [-0.05, 0) is 97.9 Å². The van der Waals surface area contributed by atoms with Crippen molar-refractivity contribution in [3.8, 4) is 0 Å². The summed E-state index contributed by atoms with van der Waals surface area (Å²) in [6, 6.07) is 0. The lowest BCUT2D eigenvalue weighted by Crippen LogP contribution is -2.57. The smallest absolute Gasteiger partial charge is 0.330 e. The van der Waals surface area contributed by atoms with Crippen molar-refractivity contribution >= 4 is 11.8 Å². The fourth-order valence-corrected chi connectivity index (χ4v) is 9.26. The molecular weight excluding hydrogens is 424 g/mol. The van der Waals surface area contributed by atoms with Gasteiger partial charge in [0.05, 0.1) is 6.10 Å². The maximum atomic E-state index is 12.8. The lowest BCUT2D eigenvalue weighted by Gasteiger charge is -2.61. The number of rotatable bonds is 5. The second-order valence-corrected chi connectivity index (χ2v) is 13.4. The molecule has 0 saturated heterocycles. The number of hydrogen-bond acceptors (Lipinski definition) is 3. The second kappa shape index (κ2) is 8.32. The summed E-state index contributed by atoms with van der Waals surface area (Å²) < 4.78 is 0.